The van der Waals surface area contributed by atoms with E-state index in [1.807, 2.05) is 0 Å². The normalized spacial score (nSPS) is 11.3. The molecule has 0 fully saturated rings. The molecule has 0 bridgehead atoms. The number of rotatable bonds is 7. The van der Waals surface area contributed by atoms with Crippen LogP contribution in [0.4, 0.5) is 24.8 Å². The fraction of sp³-hybridized carbons (Fsp3) is 0.211. The highest BCUT2D eigenvalue weighted by Gasteiger charge is 2.30. The standard InChI is InChI=1S/C19H18F3N5O3/c1-29-8-9-30-15-5-3-2-4-14(15)27-16(23)10-13(26-27)18(28)25-17-7-6-12(11-24-17)19(20,21)22/h2-7,10-11H,8-9,23H2,1H3,(H,24,25,28). The minimum atomic E-state index is -4.51. The first kappa shape index (κ1) is 21.1. The van der Waals surface area contributed by atoms with Gasteiger partial charge in [0.1, 0.15) is 29.7 Å². The van der Waals surface area contributed by atoms with E-state index in [0.29, 0.717) is 30.8 Å². The summed E-state index contributed by atoms with van der Waals surface area (Å²) in [6, 6.07) is 10.2. The monoisotopic (exact) mass is 421 g/mol. The molecule has 2 heterocycles. The van der Waals surface area contributed by atoms with Gasteiger partial charge in [-0.25, -0.2) is 9.67 Å². The van der Waals surface area contributed by atoms with Crippen molar-refractivity contribution in [1.29, 1.82) is 0 Å². The van der Waals surface area contributed by atoms with Gasteiger partial charge in [0, 0.05) is 19.4 Å². The summed E-state index contributed by atoms with van der Waals surface area (Å²) in [5.74, 6) is -0.0704. The molecule has 1 aromatic carbocycles. The molecule has 30 heavy (non-hydrogen) atoms. The van der Waals surface area contributed by atoms with Gasteiger partial charge in [-0.15, -0.1) is 0 Å². The number of amides is 1. The second kappa shape index (κ2) is 8.82. The second-order valence-electron chi connectivity index (χ2n) is 6.06. The molecular weight excluding hydrogens is 403 g/mol. The molecule has 0 spiro atoms. The van der Waals surface area contributed by atoms with Crippen molar-refractivity contribution < 1.29 is 27.4 Å². The van der Waals surface area contributed by atoms with Crippen LogP contribution in [0.1, 0.15) is 16.1 Å². The first-order valence-electron chi connectivity index (χ1n) is 8.71. The fourth-order valence-electron chi connectivity index (χ4n) is 2.50. The van der Waals surface area contributed by atoms with Gasteiger partial charge in [-0.05, 0) is 24.3 Å². The number of methoxy groups -OCH3 is 1. The third kappa shape index (κ3) is 4.87. The third-order valence-electron chi connectivity index (χ3n) is 3.94. The van der Waals surface area contributed by atoms with Gasteiger partial charge in [-0.3, -0.25) is 4.79 Å². The highest BCUT2D eigenvalue weighted by atomic mass is 19.4. The molecule has 11 heteroatoms. The van der Waals surface area contributed by atoms with Crippen LogP contribution < -0.4 is 15.8 Å². The molecule has 158 valence electrons. The van der Waals surface area contributed by atoms with Gasteiger partial charge in [-0.2, -0.15) is 18.3 Å². The van der Waals surface area contributed by atoms with Crippen LogP contribution in [0.5, 0.6) is 5.75 Å². The van der Waals surface area contributed by atoms with Crippen molar-refractivity contribution in [3.8, 4) is 11.4 Å². The highest BCUT2D eigenvalue weighted by Crippen LogP contribution is 2.29. The minimum Gasteiger partial charge on any atom is -0.489 e. The van der Waals surface area contributed by atoms with E-state index in [1.165, 1.54) is 10.7 Å². The van der Waals surface area contributed by atoms with Crippen LogP contribution in [0.15, 0.2) is 48.7 Å². The van der Waals surface area contributed by atoms with Crippen molar-refractivity contribution in [1.82, 2.24) is 14.8 Å². The van der Waals surface area contributed by atoms with Gasteiger partial charge < -0.3 is 20.5 Å². The number of carbonyl (C=O) groups excluding carboxylic acids is 1. The maximum absolute atomic E-state index is 12.6. The Bertz CT molecular complexity index is 1020. The van der Waals surface area contributed by atoms with Gasteiger partial charge in [0.2, 0.25) is 0 Å². The smallest absolute Gasteiger partial charge is 0.417 e. The molecule has 3 N–H and O–H groups in total. The summed E-state index contributed by atoms with van der Waals surface area (Å²) < 4.78 is 49.8. The lowest BCUT2D eigenvalue weighted by molar-refractivity contribution is -0.137. The van der Waals surface area contributed by atoms with Crippen LogP contribution >= 0.6 is 0 Å². The molecule has 1 amide bonds. The van der Waals surface area contributed by atoms with Crippen molar-refractivity contribution in [3.05, 3.63) is 59.9 Å². The number of hydrogen-bond donors (Lipinski definition) is 2. The van der Waals surface area contributed by atoms with Crippen molar-refractivity contribution in [2.24, 2.45) is 0 Å². The zero-order valence-corrected chi connectivity index (χ0v) is 15.8. The maximum Gasteiger partial charge on any atom is 0.417 e. The second-order valence-corrected chi connectivity index (χ2v) is 6.06. The van der Waals surface area contributed by atoms with E-state index in [-0.39, 0.29) is 17.3 Å². The van der Waals surface area contributed by atoms with Crippen LogP contribution in [0.2, 0.25) is 0 Å². The summed E-state index contributed by atoms with van der Waals surface area (Å²) in [4.78, 5) is 16.0. The summed E-state index contributed by atoms with van der Waals surface area (Å²) in [6.45, 7) is 0.693. The first-order chi connectivity index (χ1) is 14.3. The Balaban J connectivity index is 1.79. The predicted octanol–water partition coefficient (Wildman–Crippen LogP) is 3.15. The summed E-state index contributed by atoms with van der Waals surface area (Å²) in [7, 11) is 1.55. The number of hydrogen-bond acceptors (Lipinski definition) is 6. The lowest BCUT2D eigenvalue weighted by Gasteiger charge is -2.12. The third-order valence-corrected chi connectivity index (χ3v) is 3.94. The molecule has 0 aliphatic carbocycles. The predicted molar refractivity (Wildman–Crippen MR) is 103 cm³/mol. The Morgan fingerprint density at radius 3 is 2.63 bits per heavy atom. The van der Waals surface area contributed by atoms with E-state index < -0.39 is 17.6 Å². The number of halogens is 3. The average molecular weight is 421 g/mol. The fourth-order valence-corrected chi connectivity index (χ4v) is 2.50. The van der Waals surface area contributed by atoms with E-state index in [4.69, 9.17) is 15.2 Å². The number of nitrogens with two attached hydrogens (primary N) is 1. The van der Waals surface area contributed by atoms with Gasteiger partial charge in [0.15, 0.2) is 5.69 Å². The molecule has 2 aromatic heterocycles. The quantitative estimate of drug-likeness (QED) is 0.568. The van der Waals surface area contributed by atoms with Crippen molar-refractivity contribution >= 4 is 17.5 Å². The number of nitrogens with one attached hydrogen (secondary N) is 1. The number of benzene rings is 1. The Morgan fingerprint density at radius 1 is 1.20 bits per heavy atom. The van der Waals surface area contributed by atoms with Crippen molar-refractivity contribution in [2.75, 3.05) is 31.4 Å². The van der Waals surface area contributed by atoms with Gasteiger partial charge in [-0.1, -0.05) is 12.1 Å². The molecule has 0 saturated carbocycles. The molecule has 3 aromatic rings. The van der Waals surface area contributed by atoms with Gasteiger partial charge >= 0.3 is 6.18 Å². The van der Waals surface area contributed by atoms with Crippen LogP contribution in [-0.2, 0) is 10.9 Å². The zero-order chi connectivity index (χ0) is 21.7. The molecule has 0 saturated heterocycles. The zero-order valence-electron chi connectivity index (χ0n) is 15.8. The number of nitrogens with zero attached hydrogens (tertiary/aromatic N) is 3. The van der Waals surface area contributed by atoms with E-state index in [0.717, 1.165) is 12.1 Å². The van der Waals surface area contributed by atoms with E-state index >= 15 is 0 Å². The number of anilines is 2. The van der Waals surface area contributed by atoms with E-state index in [1.54, 1.807) is 31.4 Å². The molecular formula is C19H18F3N5O3. The number of aromatic nitrogens is 3. The maximum atomic E-state index is 12.6. The Hall–Kier alpha value is -3.60. The van der Waals surface area contributed by atoms with E-state index in [9.17, 15) is 18.0 Å². The topological polar surface area (TPSA) is 104 Å². The number of pyridine rings is 1. The van der Waals surface area contributed by atoms with Crippen LogP contribution in [-0.4, -0.2) is 41.0 Å². The van der Waals surface area contributed by atoms with Crippen molar-refractivity contribution in [2.45, 2.75) is 6.18 Å². The summed E-state index contributed by atoms with van der Waals surface area (Å²) in [5.41, 5.74) is 5.55. The number of alkyl halides is 3. The van der Waals surface area contributed by atoms with Crippen LogP contribution in [0, 0.1) is 0 Å². The number of para-hydroxylation sites is 2. The lowest BCUT2D eigenvalue weighted by Crippen LogP contribution is -2.15. The molecule has 0 unspecified atom stereocenters. The molecule has 0 radical (unpaired) electrons. The van der Waals surface area contributed by atoms with Crippen molar-refractivity contribution in [3.63, 3.8) is 0 Å². The minimum absolute atomic E-state index is 0.0408. The Labute approximate surface area is 169 Å². The Kier molecular flexibility index (Phi) is 6.21. The first-order valence-corrected chi connectivity index (χ1v) is 8.71. The highest BCUT2D eigenvalue weighted by molar-refractivity contribution is 6.02. The Morgan fingerprint density at radius 2 is 1.97 bits per heavy atom. The number of ether oxygens (including phenoxy) is 2. The molecule has 3 rings (SSSR count). The molecule has 0 atom stereocenters. The summed E-state index contributed by atoms with van der Waals surface area (Å²) >= 11 is 0. The summed E-state index contributed by atoms with van der Waals surface area (Å²) in [5, 5.41) is 6.57. The van der Waals surface area contributed by atoms with Crippen LogP contribution in [0.3, 0.4) is 0 Å². The molecule has 0 aliphatic rings. The van der Waals surface area contributed by atoms with Gasteiger partial charge in [0.05, 0.1) is 12.2 Å². The SMILES string of the molecule is COCCOc1ccccc1-n1nc(C(=O)Nc2ccc(C(F)(F)F)cn2)cc1N. The van der Waals surface area contributed by atoms with E-state index in [2.05, 4.69) is 15.4 Å². The number of nitrogen functional groups attached to an aromatic ring is 1. The molecule has 8 nitrogen and oxygen atoms in total. The molecule has 0 aliphatic heterocycles. The average Bonchev–Trinajstić information content (AvgIpc) is 3.10. The lowest BCUT2D eigenvalue weighted by atomic mass is 10.3. The van der Waals surface area contributed by atoms with Crippen LogP contribution in [0.25, 0.3) is 5.69 Å². The number of carbonyl (C=O) groups is 1. The summed E-state index contributed by atoms with van der Waals surface area (Å²) in [6.07, 6.45) is -3.88. The largest absolute Gasteiger partial charge is 0.489 e. The van der Waals surface area contributed by atoms with Gasteiger partial charge in [0.25, 0.3) is 5.91 Å².